The lowest BCUT2D eigenvalue weighted by atomic mass is 9.98. The summed E-state index contributed by atoms with van der Waals surface area (Å²) in [5, 5.41) is 11.1. The van der Waals surface area contributed by atoms with Crippen molar-refractivity contribution >= 4 is 11.8 Å². The van der Waals surface area contributed by atoms with E-state index in [0.717, 1.165) is 5.56 Å². The number of ether oxygens (including phenoxy) is 1. The maximum Gasteiger partial charge on any atom is 0.410 e. The van der Waals surface area contributed by atoms with Crippen LogP contribution in [0.15, 0.2) is 67.3 Å². The van der Waals surface area contributed by atoms with E-state index in [1.54, 1.807) is 23.1 Å². The second-order valence-corrected chi connectivity index (χ2v) is 6.22. The Bertz CT molecular complexity index is 806. The molecule has 1 amide bonds. The van der Waals surface area contributed by atoms with Gasteiger partial charge in [-0.15, -0.1) is 6.58 Å². The Labute approximate surface area is 151 Å². The molecule has 1 aliphatic rings. The molecule has 0 aliphatic carbocycles. The summed E-state index contributed by atoms with van der Waals surface area (Å²) >= 11 is 0. The molecule has 2 aromatic rings. The van der Waals surface area contributed by atoms with Crippen LogP contribution in [0.5, 0.6) is 0 Å². The Hall–Kier alpha value is -3.15. The number of nitro benzene ring substituents is 1. The van der Waals surface area contributed by atoms with E-state index in [9.17, 15) is 14.9 Å². The molecule has 26 heavy (non-hydrogen) atoms. The van der Waals surface area contributed by atoms with Crippen LogP contribution in [-0.4, -0.2) is 28.6 Å². The van der Waals surface area contributed by atoms with Crippen molar-refractivity contribution in [3.63, 3.8) is 0 Å². The number of hydrogen-bond donors (Lipinski definition) is 0. The zero-order chi connectivity index (χ0) is 18.5. The molecular weight excluding hydrogens is 332 g/mol. The van der Waals surface area contributed by atoms with E-state index in [1.165, 1.54) is 12.1 Å². The van der Waals surface area contributed by atoms with Crippen molar-refractivity contribution in [2.75, 3.05) is 6.61 Å². The highest BCUT2D eigenvalue weighted by molar-refractivity contribution is 5.71. The van der Waals surface area contributed by atoms with Gasteiger partial charge in [0.2, 0.25) is 0 Å². The van der Waals surface area contributed by atoms with Gasteiger partial charge >= 0.3 is 6.09 Å². The van der Waals surface area contributed by atoms with E-state index in [-0.39, 0.29) is 17.8 Å². The monoisotopic (exact) mass is 352 g/mol. The summed E-state index contributed by atoms with van der Waals surface area (Å²) in [6.07, 6.45) is 2.47. The highest BCUT2D eigenvalue weighted by Crippen LogP contribution is 2.33. The van der Waals surface area contributed by atoms with Gasteiger partial charge in [-0.2, -0.15) is 0 Å². The van der Waals surface area contributed by atoms with Crippen LogP contribution in [0.25, 0.3) is 0 Å². The zero-order valence-corrected chi connectivity index (χ0v) is 14.3. The molecule has 0 bridgehead atoms. The molecule has 6 nitrogen and oxygen atoms in total. The first kappa shape index (κ1) is 17.7. The SMILES string of the molecule is C=CC[C@@H](c1cccc([N+](=O)[O-])c1)N1C(=O)OC[C@@H]1Cc1ccccc1. The van der Waals surface area contributed by atoms with Crippen molar-refractivity contribution in [3.05, 3.63) is 88.5 Å². The van der Waals surface area contributed by atoms with E-state index in [2.05, 4.69) is 6.58 Å². The third-order valence-electron chi connectivity index (χ3n) is 4.51. The number of nitrogens with zero attached hydrogens (tertiary/aromatic N) is 2. The average Bonchev–Trinajstić information content (AvgIpc) is 3.01. The molecule has 1 aliphatic heterocycles. The minimum Gasteiger partial charge on any atom is -0.447 e. The highest BCUT2D eigenvalue weighted by Gasteiger charge is 2.38. The van der Waals surface area contributed by atoms with Crippen LogP contribution in [0.1, 0.15) is 23.6 Å². The maximum atomic E-state index is 12.4. The summed E-state index contributed by atoms with van der Waals surface area (Å²) in [5.74, 6) is 0. The largest absolute Gasteiger partial charge is 0.447 e. The van der Waals surface area contributed by atoms with Crippen LogP contribution >= 0.6 is 0 Å². The molecule has 1 saturated heterocycles. The van der Waals surface area contributed by atoms with Crippen LogP contribution < -0.4 is 0 Å². The molecule has 2 aromatic carbocycles. The lowest BCUT2D eigenvalue weighted by Gasteiger charge is -2.30. The summed E-state index contributed by atoms with van der Waals surface area (Å²) in [4.78, 5) is 24.8. The van der Waals surface area contributed by atoms with Crippen LogP contribution in [-0.2, 0) is 11.2 Å². The van der Waals surface area contributed by atoms with Crippen molar-refractivity contribution in [2.45, 2.75) is 24.9 Å². The molecule has 0 radical (unpaired) electrons. The van der Waals surface area contributed by atoms with Gasteiger partial charge in [-0.05, 0) is 24.0 Å². The number of nitro groups is 1. The molecule has 1 fully saturated rings. The predicted molar refractivity (Wildman–Crippen MR) is 97.8 cm³/mol. The number of hydrogen-bond acceptors (Lipinski definition) is 4. The van der Waals surface area contributed by atoms with Gasteiger partial charge in [0.05, 0.1) is 17.0 Å². The minimum absolute atomic E-state index is 0.00346. The van der Waals surface area contributed by atoms with Crippen molar-refractivity contribution in [1.29, 1.82) is 0 Å². The second-order valence-electron chi connectivity index (χ2n) is 6.22. The molecule has 0 saturated carbocycles. The molecule has 134 valence electrons. The summed E-state index contributed by atoms with van der Waals surface area (Å²) < 4.78 is 5.30. The summed E-state index contributed by atoms with van der Waals surface area (Å²) in [6, 6.07) is 15.8. The Morgan fingerprint density at radius 3 is 2.73 bits per heavy atom. The lowest BCUT2D eigenvalue weighted by molar-refractivity contribution is -0.385. The predicted octanol–water partition coefficient (Wildman–Crippen LogP) is 4.28. The number of carbonyl (C=O) groups excluding carboxylic acids is 1. The van der Waals surface area contributed by atoms with Crippen molar-refractivity contribution in [3.8, 4) is 0 Å². The second kappa shape index (κ2) is 7.82. The van der Waals surface area contributed by atoms with Gasteiger partial charge in [0, 0.05) is 12.1 Å². The molecular formula is C20H20N2O4. The number of rotatable bonds is 7. The van der Waals surface area contributed by atoms with Crippen LogP contribution in [0.3, 0.4) is 0 Å². The van der Waals surface area contributed by atoms with Crippen molar-refractivity contribution in [2.24, 2.45) is 0 Å². The highest BCUT2D eigenvalue weighted by atomic mass is 16.6. The summed E-state index contributed by atoms with van der Waals surface area (Å²) in [5.41, 5.74) is 1.82. The zero-order valence-electron chi connectivity index (χ0n) is 14.3. The Morgan fingerprint density at radius 1 is 1.27 bits per heavy atom. The first-order chi connectivity index (χ1) is 12.6. The van der Waals surface area contributed by atoms with Gasteiger partial charge in [0.25, 0.3) is 5.69 Å². The first-order valence-corrected chi connectivity index (χ1v) is 8.44. The number of cyclic esters (lactones) is 1. The maximum absolute atomic E-state index is 12.4. The van der Waals surface area contributed by atoms with E-state index >= 15 is 0 Å². The standard InChI is InChI=1S/C20H20N2O4/c1-2-7-19(16-10-6-11-17(13-16)22(24)25)21-18(14-26-20(21)23)12-15-8-4-3-5-9-15/h2-6,8-11,13,18-19H,1,7,12,14H2/t18-,19-/m0/s1. The number of benzene rings is 2. The van der Waals surface area contributed by atoms with Crippen LogP contribution in [0.2, 0.25) is 0 Å². The molecule has 0 aromatic heterocycles. The molecule has 0 spiro atoms. The van der Waals surface area contributed by atoms with E-state index < -0.39 is 11.0 Å². The fourth-order valence-electron chi connectivity index (χ4n) is 3.31. The van der Waals surface area contributed by atoms with E-state index in [1.807, 2.05) is 30.3 Å². The van der Waals surface area contributed by atoms with Crippen molar-refractivity contribution < 1.29 is 14.5 Å². The van der Waals surface area contributed by atoms with Gasteiger partial charge in [0.15, 0.2) is 0 Å². The normalized spacial score (nSPS) is 17.6. The topological polar surface area (TPSA) is 72.7 Å². The third kappa shape index (κ3) is 3.74. The Morgan fingerprint density at radius 2 is 2.04 bits per heavy atom. The number of non-ortho nitro benzene ring substituents is 1. The summed E-state index contributed by atoms with van der Waals surface area (Å²) in [7, 11) is 0. The van der Waals surface area contributed by atoms with Crippen molar-refractivity contribution in [1.82, 2.24) is 4.90 Å². The molecule has 6 heteroatoms. The molecule has 0 unspecified atom stereocenters. The Kier molecular flexibility index (Phi) is 5.31. The molecule has 1 heterocycles. The van der Waals surface area contributed by atoms with Gasteiger partial charge in [-0.3, -0.25) is 15.0 Å². The quantitative estimate of drug-likeness (QED) is 0.424. The van der Waals surface area contributed by atoms with Crippen LogP contribution in [0, 0.1) is 10.1 Å². The van der Waals surface area contributed by atoms with Gasteiger partial charge in [-0.25, -0.2) is 4.79 Å². The minimum atomic E-state index is -0.432. The molecule has 3 rings (SSSR count). The van der Waals surface area contributed by atoms with Crippen LogP contribution in [0.4, 0.5) is 10.5 Å². The Balaban J connectivity index is 1.91. The van der Waals surface area contributed by atoms with Gasteiger partial charge < -0.3 is 4.74 Å². The molecule has 0 N–H and O–H groups in total. The smallest absolute Gasteiger partial charge is 0.410 e. The number of amides is 1. The van der Waals surface area contributed by atoms with E-state index in [0.29, 0.717) is 25.0 Å². The van der Waals surface area contributed by atoms with E-state index in [4.69, 9.17) is 4.74 Å². The summed E-state index contributed by atoms with van der Waals surface area (Å²) in [6.45, 7) is 4.08. The van der Waals surface area contributed by atoms with Gasteiger partial charge in [-0.1, -0.05) is 48.5 Å². The fourth-order valence-corrected chi connectivity index (χ4v) is 3.31. The average molecular weight is 352 g/mol. The van der Waals surface area contributed by atoms with Gasteiger partial charge in [0.1, 0.15) is 6.61 Å². The number of carbonyl (C=O) groups is 1. The fraction of sp³-hybridized carbons (Fsp3) is 0.250. The lowest BCUT2D eigenvalue weighted by Crippen LogP contribution is -2.38. The third-order valence-corrected chi connectivity index (χ3v) is 4.51. The molecule has 2 atom stereocenters. The first-order valence-electron chi connectivity index (χ1n) is 8.44.